The van der Waals surface area contributed by atoms with E-state index in [1.165, 1.54) is 12.8 Å². The lowest BCUT2D eigenvalue weighted by atomic mass is 9.99. The Labute approximate surface area is 94.8 Å². The van der Waals surface area contributed by atoms with Crippen molar-refractivity contribution in [2.24, 2.45) is 7.05 Å². The lowest BCUT2D eigenvalue weighted by molar-refractivity contribution is 0.436. The first-order valence-corrected chi connectivity index (χ1v) is 6.54. The predicted molar refractivity (Wildman–Crippen MR) is 62.2 cm³/mol. The van der Waals surface area contributed by atoms with Crippen molar-refractivity contribution in [1.82, 2.24) is 20.1 Å². The molecule has 0 unspecified atom stereocenters. The zero-order chi connectivity index (χ0) is 10.7. The summed E-state index contributed by atoms with van der Waals surface area (Å²) in [6, 6.07) is 0. The number of thioether (sulfide) groups is 1. The average Bonchev–Trinajstić information content (AvgIpc) is 2.63. The van der Waals surface area contributed by atoms with Crippen molar-refractivity contribution >= 4 is 11.8 Å². The predicted octanol–water partition coefficient (Wildman–Crippen LogP) is 1.39. The molecule has 15 heavy (non-hydrogen) atoms. The van der Waals surface area contributed by atoms with Gasteiger partial charge >= 0.3 is 0 Å². The van der Waals surface area contributed by atoms with Crippen LogP contribution >= 0.6 is 11.8 Å². The molecule has 84 valence electrons. The fourth-order valence-electron chi connectivity index (χ4n) is 2.01. The number of aromatic nitrogens is 3. The molecule has 5 heteroatoms. The SMILES string of the molecule is CCSc1nnc([C@@H]2CCCNC2)n1C. The van der Waals surface area contributed by atoms with Gasteiger partial charge in [0.15, 0.2) is 5.16 Å². The molecule has 0 bridgehead atoms. The Morgan fingerprint density at radius 2 is 2.40 bits per heavy atom. The van der Waals surface area contributed by atoms with Crippen LogP contribution in [-0.2, 0) is 7.05 Å². The second-order valence-corrected chi connectivity index (χ2v) is 5.11. The third-order valence-corrected chi connectivity index (χ3v) is 3.71. The highest BCUT2D eigenvalue weighted by Crippen LogP contribution is 2.24. The Morgan fingerprint density at radius 3 is 3.07 bits per heavy atom. The van der Waals surface area contributed by atoms with E-state index >= 15 is 0 Å². The Balaban J connectivity index is 2.13. The first kappa shape index (κ1) is 11.0. The molecule has 1 fully saturated rings. The van der Waals surface area contributed by atoms with Crippen molar-refractivity contribution in [1.29, 1.82) is 0 Å². The quantitative estimate of drug-likeness (QED) is 0.791. The number of piperidine rings is 1. The zero-order valence-corrected chi connectivity index (χ0v) is 10.2. The lowest BCUT2D eigenvalue weighted by Crippen LogP contribution is -2.29. The number of rotatable bonds is 3. The third-order valence-electron chi connectivity index (χ3n) is 2.80. The van der Waals surface area contributed by atoms with Crippen molar-refractivity contribution < 1.29 is 0 Å². The van der Waals surface area contributed by atoms with Crippen LogP contribution < -0.4 is 5.32 Å². The normalized spacial score (nSPS) is 21.9. The monoisotopic (exact) mass is 226 g/mol. The van der Waals surface area contributed by atoms with Crippen LogP contribution in [0.15, 0.2) is 5.16 Å². The highest BCUT2D eigenvalue weighted by atomic mass is 32.2. The summed E-state index contributed by atoms with van der Waals surface area (Å²) in [6.07, 6.45) is 2.48. The van der Waals surface area contributed by atoms with Gasteiger partial charge < -0.3 is 9.88 Å². The topological polar surface area (TPSA) is 42.7 Å². The molecule has 1 aromatic heterocycles. The summed E-state index contributed by atoms with van der Waals surface area (Å²) in [6.45, 7) is 4.33. The van der Waals surface area contributed by atoms with Gasteiger partial charge in [-0.25, -0.2) is 0 Å². The molecule has 0 aliphatic carbocycles. The van der Waals surface area contributed by atoms with Gasteiger partial charge in [-0.3, -0.25) is 0 Å². The maximum Gasteiger partial charge on any atom is 0.190 e. The maximum atomic E-state index is 4.31. The smallest absolute Gasteiger partial charge is 0.190 e. The van der Waals surface area contributed by atoms with Gasteiger partial charge in [0, 0.05) is 19.5 Å². The van der Waals surface area contributed by atoms with Gasteiger partial charge in [-0.15, -0.1) is 10.2 Å². The molecule has 1 atom stereocenters. The zero-order valence-electron chi connectivity index (χ0n) is 9.36. The van der Waals surface area contributed by atoms with Crippen LogP contribution in [0, 0.1) is 0 Å². The van der Waals surface area contributed by atoms with Gasteiger partial charge in [0.25, 0.3) is 0 Å². The van der Waals surface area contributed by atoms with E-state index in [4.69, 9.17) is 0 Å². The third kappa shape index (κ3) is 2.34. The molecule has 0 spiro atoms. The van der Waals surface area contributed by atoms with Crippen LogP contribution in [0.4, 0.5) is 0 Å². The Hall–Kier alpha value is -0.550. The summed E-state index contributed by atoms with van der Waals surface area (Å²) < 4.78 is 2.14. The fraction of sp³-hybridized carbons (Fsp3) is 0.800. The van der Waals surface area contributed by atoms with E-state index in [1.807, 2.05) is 0 Å². The molecular weight excluding hydrogens is 208 g/mol. The van der Waals surface area contributed by atoms with Crippen LogP contribution in [0.25, 0.3) is 0 Å². The standard InChI is InChI=1S/C10H18N4S/c1-3-15-10-13-12-9(14(10)2)8-5-4-6-11-7-8/h8,11H,3-7H2,1-2H3/t8-/m1/s1. The Kier molecular flexibility index (Phi) is 3.64. The largest absolute Gasteiger partial charge is 0.316 e. The highest BCUT2D eigenvalue weighted by molar-refractivity contribution is 7.99. The van der Waals surface area contributed by atoms with Gasteiger partial charge in [0.2, 0.25) is 0 Å². The molecule has 4 nitrogen and oxygen atoms in total. The molecule has 1 aliphatic heterocycles. The fourth-order valence-corrected chi connectivity index (χ4v) is 2.65. The number of nitrogens with one attached hydrogen (secondary N) is 1. The molecular formula is C10H18N4S. The van der Waals surface area contributed by atoms with Crippen molar-refractivity contribution in [3.8, 4) is 0 Å². The Morgan fingerprint density at radius 1 is 1.53 bits per heavy atom. The summed E-state index contributed by atoms with van der Waals surface area (Å²) in [5.41, 5.74) is 0. The van der Waals surface area contributed by atoms with E-state index < -0.39 is 0 Å². The number of hydrogen-bond donors (Lipinski definition) is 1. The maximum absolute atomic E-state index is 4.31. The molecule has 2 heterocycles. The van der Waals surface area contributed by atoms with Crippen LogP contribution in [0.3, 0.4) is 0 Å². The molecule has 0 amide bonds. The van der Waals surface area contributed by atoms with E-state index in [1.54, 1.807) is 11.8 Å². The second kappa shape index (κ2) is 4.99. The molecule has 1 N–H and O–H groups in total. The first-order valence-electron chi connectivity index (χ1n) is 5.55. The van der Waals surface area contributed by atoms with E-state index in [0.717, 1.165) is 29.8 Å². The molecule has 0 saturated carbocycles. The molecule has 1 saturated heterocycles. The minimum Gasteiger partial charge on any atom is -0.316 e. The van der Waals surface area contributed by atoms with Crippen molar-refractivity contribution in [3.05, 3.63) is 5.82 Å². The summed E-state index contributed by atoms with van der Waals surface area (Å²) in [7, 11) is 2.07. The van der Waals surface area contributed by atoms with E-state index in [2.05, 4.69) is 34.1 Å². The number of nitrogens with zero attached hydrogens (tertiary/aromatic N) is 3. The molecule has 1 aromatic rings. The van der Waals surface area contributed by atoms with E-state index in [0.29, 0.717) is 5.92 Å². The van der Waals surface area contributed by atoms with Crippen LogP contribution in [-0.4, -0.2) is 33.6 Å². The van der Waals surface area contributed by atoms with Crippen molar-refractivity contribution in [2.75, 3.05) is 18.8 Å². The second-order valence-electron chi connectivity index (χ2n) is 3.88. The van der Waals surface area contributed by atoms with E-state index in [9.17, 15) is 0 Å². The number of hydrogen-bond acceptors (Lipinski definition) is 4. The van der Waals surface area contributed by atoms with Crippen LogP contribution in [0.2, 0.25) is 0 Å². The van der Waals surface area contributed by atoms with Crippen LogP contribution in [0.1, 0.15) is 31.5 Å². The summed E-state index contributed by atoms with van der Waals surface area (Å²) in [5.74, 6) is 2.73. The average molecular weight is 226 g/mol. The van der Waals surface area contributed by atoms with Gasteiger partial charge in [0.1, 0.15) is 5.82 Å². The summed E-state index contributed by atoms with van der Waals surface area (Å²) in [4.78, 5) is 0. The van der Waals surface area contributed by atoms with Gasteiger partial charge in [0.05, 0.1) is 0 Å². The Bertz CT molecular complexity index is 317. The summed E-state index contributed by atoms with van der Waals surface area (Å²) >= 11 is 1.76. The molecule has 2 rings (SSSR count). The van der Waals surface area contributed by atoms with Crippen LogP contribution in [0.5, 0.6) is 0 Å². The highest BCUT2D eigenvalue weighted by Gasteiger charge is 2.21. The molecule has 1 aliphatic rings. The van der Waals surface area contributed by atoms with Gasteiger partial charge in [-0.1, -0.05) is 18.7 Å². The molecule has 0 aromatic carbocycles. The van der Waals surface area contributed by atoms with Gasteiger partial charge in [-0.2, -0.15) is 0 Å². The molecule has 0 radical (unpaired) electrons. The van der Waals surface area contributed by atoms with E-state index in [-0.39, 0.29) is 0 Å². The summed E-state index contributed by atoms with van der Waals surface area (Å²) in [5, 5.41) is 13.0. The van der Waals surface area contributed by atoms with Crippen molar-refractivity contribution in [2.45, 2.75) is 30.8 Å². The van der Waals surface area contributed by atoms with Gasteiger partial charge in [-0.05, 0) is 25.1 Å². The minimum atomic E-state index is 0.544. The van der Waals surface area contributed by atoms with Crippen molar-refractivity contribution in [3.63, 3.8) is 0 Å². The minimum absolute atomic E-state index is 0.544. The lowest BCUT2D eigenvalue weighted by Gasteiger charge is -2.21. The first-order chi connectivity index (χ1) is 7.33.